The summed E-state index contributed by atoms with van der Waals surface area (Å²) in [7, 11) is 1.73. The minimum absolute atomic E-state index is 0.101. The lowest BCUT2D eigenvalue weighted by Gasteiger charge is -2.22. The molecule has 1 saturated heterocycles. The van der Waals surface area contributed by atoms with Crippen molar-refractivity contribution in [1.29, 1.82) is 0 Å². The largest absolute Gasteiger partial charge is 0.496 e. The van der Waals surface area contributed by atoms with Gasteiger partial charge in [-0.25, -0.2) is 0 Å². The van der Waals surface area contributed by atoms with Gasteiger partial charge in [0.15, 0.2) is 0 Å². The van der Waals surface area contributed by atoms with Crippen LogP contribution in [0.25, 0.3) is 0 Å². The fourth-order valence-corrected chi connectivity index (χ4v) is 3.37. The zero-order chi connectivity index (χ0) is 14.8. The van der Waals surface area contributed by atoms with Crippen LogP contribution in [-0.2, 0) is 11.2 Å². The van der Waals surface area contributed by atoms with Crippen LogP contribution in [0.15, 0.2) is 12.1 Å². The van der Waals surface area contributed by atoms with Crippen molar-refractivity contribution in [2.24, 2.45) is 5.92 Å². The van der Waals surface area contributed by atoms with Crippen LogP contribution in [0.2, 0.25) is 0 Å². The summed E-state index contributed by atoms with van der Waals surface area (Å²) in [5.74, 6) is 2.42. The quantitative estimate of drug-likeness (QED) is 0.905. The second-order valence-electron chi connectivity index (χ2n) is 5.98. The fourth-order valence-electron chi connectivity index (χ4n) is 3.37. The molecule has 3 unspecified atom stereocenters. The van der Waals surface area contributed by atoms with Crippen molar-refractivity contribution in [3.63, 3.8) is 0 Å². The number of fused-ring (bicyclic) bond motifs is 1. The van der Waals surface area contributed by atoms with E-state index in [4.69, 9.17) is 14.2 Å². The van der Waals surface area contributed by atoms with Gasteiger partial charge in [-0.2, -0.15) is 0 Å². The number of benzene rings is 1. The molecule has 0 bridgehead atoms. The van der Waals surface area contributed by atoms with Crippen molar-refractivity contribution < 1.29 is 14.2 Å². The van der Waals surface area contributed by atoms with E-state index in [0.717, 1.165) is 49.6 Å². The van der Waals surface area contributed by atoms with Crippen molar-refractivity contribution in [2.45, 2.75) is 38.9 Å². The molecule has 2 heterocycles. The van der Waals surface area contributed by atoms with E-state index in [0.29, 0.717) is 5.92 Å². The highest BCUT2D eigenvalue weighted by molar-refractivity contribution is 5.50. The Morgan fingerprint density at radius 1 is 1.38 bits per heavy atom. The number of hydrogen-bond acceptors (Lipinski definition) is 4. The summed E-state index contributed by atoms with van der Waals surface area (Å²) in [4.78, 5) is 0. The van der Waals surface area contributed by atoms with Crippen molar-refractivity contribution in [3.05, 3.63) is 23.3 Å². The number of methoxy groups -OCH3 is 1. The average Bonchev–Trinajstić information content (AvgIpc) is 3.07. The fraction of sp³-hybridized carbons (Fsp3) is 0.647. The molecular weight excluding hydrogens is 266 g/mol. The van der Waals surface area contributed by atoms with Gasteiger partial charge >= 0.3 is 0 Å². The van der Waals surface area contributed by atoms with Crippen LogP contribution in [0, 0.1) is 5.92 Å². The van der Waals surface area contributed by atoms with E-state index >= 15 is 0 Å². The smallest absolute Gasteiger partial charge is 0.125 e. The van der Waals surface area contributed by atoms with Gasteiger partial charge in [-0.3, -0.25) is 0 Å². The van der Waals surface area contributed by atoms with Crippen molar-refractivity contribution >= 4 is 0 Å². The molecule has 1 aromatic carbocycles. The van der Waals surface area contributed by atoms with Gasteiger partial charge in [-0.1, -0.05) is 6.92 Å². The Morgan fingerprint density at radius 2 is 2.24 bits per heavy atom. The van der Waals surface area contributed by atoms with Gasteiger partial charge in [0.2, 0.25) is 0 Å². The highest BCUT2D eigenvalue weighted by Gasteiger charge is 2.33. The number of nitrogens with one attached hydrogen (secondary N) is 1. The van der Waals surface area contributed by atoms with E-state index in [1.165, 1.54) is 5.56 Å². The third kappa shape index (κ3) is 2.87. The van der Waals surface area contributed by atoms with Gasteiger partial charge in [-0.15, -0.1) is 0 Å². The van der Waals surface area contributed by atoms with Gasteiger partial charge in [0.25, 0.3) is 0 Å². The molecule has 0 aliphatic carbocycles. The predicted molar refractivity (Wildman–Crippen MR) is 82.1 cm³/mol. The van der Waals surface area contributed by atoms with Crippen LogP contribution >= 0.6 is 0 Å². The molecule has 3 atom stereocenters. The number of rotatable bonds is 5. The summed E-state index contributed by atoms with van der Waals surface area (Å²) >= 11 is 0. The summed E-state index contributed by atoms with van der Waals surface area (Å²) < 4.78 is 17.5. The van der Waals surface area contributed by atoms with E-state index in [2.05, 4.69) is 31.3 Å². The first-order valence-corrected chi connectivity index (χ1v) is 7.92. The summed E-state index contributed by atoms with van der Waals surface area (Å²) in [6, 6.07) is 4.26. The molecule has 2 aliphatic rings. The lowest BCUT2D eigenvalue weighted by atomic mass is 9.93. The molecule has 2 aliphatic heterocycles. The first kappa shape index (κ1) is 14.7. The van der Waals surface area contributed by atoms with Gasteiger partial charge in [-0.05, 0) is 32.0 Å². The third-order valence-corrected chi connectivity index (χ3v) is 4.43. The molecule has 0 amide bonds. The Bertz CT molecular complexity index is 503. The Morgan fingerprint density at radius 3 is 3.00 bits per heavy atom. The van der Waals surface area contributed by atoms with E-state index in [1.54, 1.807) is 7.11 Å². The molecule has 0 spiro atoms. The first-order valence-electron chi connectivity index (χ1n) is 7.92. The van der Waals surface area contributed by atoms with Crippen LogP contribution in [0.4, 0.5) is 0 Å². The second-order valence-corrected chi connectivity index (χ2v) is 5.98. The third-order valence-electron chi connectivity index (χ3n) is 4.43. The Kier molecular flexibility index (Phi) is 4.36. The molecule has 3 rings (SSSR count). The maximum absolute atomic E-state index is 6.00. The normalized spacial score (nSPS) is 27.5. The average molecular weight is 291 g/mol. The van der Waals surface area contributed by atoms with E-state index in [-0.39, 0.29) is 12.2 Å². The molecule has 4 heteroatoms. The maximum Gasteiger partial charge on any atom is 0.125 e. The lowest BCUT2D eigenvalue weighted by Crippen LogP contribution is -2.24. The molecule has 1 fully saturated rings. The Hall–Kier alpha value is -1.26. The highest BCUT2D eigenvalue weighted by Crippen LogP contribution is 2.43. The van der Waals surface area contributed by atoms with E-state index in [9.17, 15) is 0 Å². The van der Waals surface area contributed by atoms with Crippen LogP contribution < -0.4 is 14.8 Å². The standard InChI is InChI=1S/C17H25NO3/c1-4-18-10-12-5-6-20-17(12)14-9-15-13(7-11(2)21-15)8-16(14)19-3/h8-9,11-12,17-18H,4-7,10H2,1-3H3. The van der Waals surface area contributed by atoms with Gasteiger partial charge in [0, 0.05) is 36.6 Å². The summed E-state index contributed by atoms with van der Waals surface area (Å²) in [6.45, 7) is 7.03. The van der Waals surface area contributed by atoms with Crippen LogP contribution in [0.3, 0.4) is 0 Å². The molecule has 1 N–H and O–H groups in total. The Labute approximate surface area is 126 Å². The van der Waals surface area contributed by atoms with Crippen LogP contribution in [0.5, 0.6) is 11.5 Å². The minimum Gasteiger partial charge on any atom is -0.496 e. The number of hydrogen-bond donors (Lipinski definition) is 1. The van der Waals surface area contributed by atoms with Gasteiger partial charge in [0.05, 0.1) is 13.2 Å². The first-order chi connectivity index (χ1) is 10.2. The van der Waals surface area contributed by atoms with E-state index < -0.39 is 0 Å². The molecule has 21 heavy (non-hydrogen) atoms. The topological polar surface area (TPSA) is 39.7 Å². The molecule has 0 aromatic heterocycles. The van der Waals surface area contributed by atoms with Crippen molar-refractivity contribution in [3.8, 4) is 11.5 Å². The van der Waals surface area contributed by atoms with Crippen molar-refractivity contribution in [2.75, 3.05) is 26.8 Å². The molecule has 1 aromatic rings. The summed E-state index contributed by atoms with van der Waals surface area (Å²) in [5, 5.41) is 3.43. The van der Waals surface area contributed by atoms with Gasteiger partial charge in [0.1, 0.15) is 17.6 Å². The maximum atomic E-state index is 6.00. The van der Waals surface area contributed by atoms with Crippen molar-refractivity contribution in [1.82, 2.24) is 5.32 Å². The minimum atomic E-state index is 0.101. The monoisotopic (exact) mass is 291 g/mol. The SMILES string of the molecule is CCNCC1CCOC1c1cc2c(cc1OC)CC(C)O2. The summed E-state index contributed by atoms with van der Waals surface area (Å²) in [5.41, 5.74) is 2.37. The Balaban J connectivity index is 1.88. The molecule has 0 saturated carbocycles. The zero-order valence-corrected chi connectivity index (χ0v) is 13.1. The second kappa shape index (κ2) is 6.24. The van der Waals surface area contributed by atoms with Crippen LogP contribution in [0.1, 0.15) is 37.5 Å². The van der Waals surface area contributed by atoms with Crippen LogP contribution in [-0.4, -0.2) is 32.9 Å². The zero-order valence-electron chi connectivity index (χ0n) is 13.1. The lowest BCUT2D eigenvalue weighted by molar-refractivity contribution is 0.0881. The van der Waals surface area contributed by atoms with E-state index in [1.807, 2.05) is 0 Å². The molecule has 4 nitrogen and oxygen atoms in total. The summed E-state index contributed by atoms with van der Waals surface area (Å²) in [6.07, 6.45) is 2.40. The molecular formula is C17H25NO3. The molecule has 116 valence electrons. The molecule has 0 radical (unpaired) electrons. The highest BCUT2D eigenvalue weighted by atomic mass is 16.5. The predicted octanol–water partition coefficient (Wildman–Crippen LogP) is 2.71. The number of ether oxygens (including phenoxy) is 3. The van der Waals surface area contributed by atoms with Gasteiger partial charge < -0.3 is 19.5 Å².